The molecule has 0 aromatic heterocycles. The number of hydrogen-bond acceptors (Lipinski definition) is 7. The average Bonchev–Trinajstić information content (AvgIpc) is 3.47. The van der Waals surface area contributed by atoms with Gasteiger partial charge in [0, 0.05) is 41.6 Å². The first-order chi connectivity index (χ1) is 22.4. The summed E-state index contributed by atoms with van der Waals surface area (Å²) < 4.78 is 17.8. The van der Waals surface area contributed by atoms with Crippen LogP contribution in [-0.2, 0) is 16.1 Å². The fourth-order valence-electron chi connectivity index (χ4n) is 5.05. The predicted octanol–water partition coefficient (Wildman–Crippen LogP) is 6.94. The molecule has 0 fully saturated rings. The maximum Gasteiger partial charge on any atom is 0.266 e. The molecule has 4 aromatic rings. The Labute approximate surface area is 278 Å². The maximum absolute atomic E-state index is 14.3. The summed E-state index contributed by atoms with van der Waals surface area (Å²) in [6.07, 6.45) is 3.87. The number of nitrogens with one attached hydrogen (secondary N) is 2. The SMILES string of the molecule is COc1cccc([C@@H]2OC(c3ccc(OCCCO)cc3)=N[C@]2(C/C=C/c2ccccc2)C(=O)NNCc2ccc(Cl)cc2Cl)c1. The third-order valence-corrected chi connectivity index (χ3v) is 8.05. The lowest BCUT2D eigenvalue weighted by molar-refractivity contribution is -0.129. The van der Waals surface area contributed by atoms with Gasteiger partial charge in [-0.3, -0.25) is 10.2 Å². The topological polar surface area (TPSA) is 101 Å². The molecule has 0 bridgehead atoms. The summed E-state index contributed by atoms with van der Waals surface area (Å²) in [5, 5.41) is 10.1. The van der Waals surface area contributed by atoms with E-state index in [9.17, 15) is 4.79 Å². The Morgan fingerprint density at radius 1 is 1.00 bits per heavy atom. The summed E-state index contributed by atoms with van der Waals surface area (Å²) in [5.41, 5.74) is 7.65. The summed E-state index contributed by atoms with van der Waals surface area (Å²) in [5.74, 6) is 1.21. The van der Waals surface area contributed by atoms with Crippen LogP contribution >= 0.6 is 23.2 Å². The molecular formula is C36H35Cl2N3O5. The number of nitrogens with zero attached hydrogens (tertiary/aromatic N) is 1. The van der Waals surface area contributed by atoms with Crippen molar-refractivity contribution in [3.63, 3.8) is 0 Å². The Morgan fingerprint density at radius 2 is 1.80 bits per heavy atom. The second-order valence-corrected chi connectivity index (χ2v) is 11.5. The van der Waals surface area contributed by atoms with Crippen LogP contribution in [0.2, 0.25) is 10.0 Å². The number of ether oxygens (including phenoxy) is 3. The van der Waals surface area contributed by atoms with E-state index < -0.39 is 11.6 Å². The van der Waals surface area contributed by atoms with Crippen molar-refractivity contribution in [2.24, 2.45) is 4.99 Å². The van der Waals surface area contributed by atoms with Gasteiger partial charge in [-0.2, -0.15) is 0 Å². The molecule has 46 heavy (non-hydrogen) atoms. The van der Waals surface area contributed by atoms with E-state index in [1.54, 1.807) is 25.3 Å². The Bertz CT molecular complexity index is 1680. The lowest BCUT2D eigenvalue weighted by atomic mass is 9.84. The van der Waals surface area contributed by atoms with Crippen LogP contribution in [0.5, 0.6) is 11.5 Å². The smallest absolute Gasteiger partial charge is 0.266 e. The summed E-state index contributed by atoms with van der Waals surface area (Å²) >= 11 is 12.4. The van der Waals surface area contributed by atoms with Crippen molar-refractivity contribution >= 4 is 41.1 Å². The van der Waals surface area contributed by atoms with Crippen LogP contribution in [0, 0.1) is 0 Å². The van der Waals surface area contributed by atoms with Crippen LogP contribution < -0.4 is 20.3 Å². The Kier molecular flexibility index (Phi) is 11.3. The van der Waals surface area contributed by atoms with Crippen molar-refractivity contribution in [2.75, 3.05) is 20.3 Å². The fourth-order valence-corrected chi connectivity index (χ4v) is 5.53. The van der Waals surface area contributed by atoms with Crippen molar-refractivity contribution in [3.8, 4) is 11.5 Å². The van der Waals surface area contributed by atoms with Gasteiger partial charge in [0.2, 0.25) is 5.90 Å². The molecule has 0 unspecified atom stereocenters. The number of methoxy groups -OCH3 is 1. The minimum Gasteiger partial charge on any atom is -0.497 e. The highest BCUT2D eigenvalue weighted by Gasteiger charge is 2.52. The molecule has 1 aliphatic heterocycles. The van der Waals surface area contributed by atoms with E-state index in [1.165, 1.54) is 0 Å². The van der Waals surface area contributed by atoms with Gasteiger partial charge in [-0.25, -0.2) is 10.4 Å². The van der Waals surface area contributed by atoms with E-state index in [-0.39, 0.29) is 25.5 Å². The molecule has 10 heteroatoms. The Hall–Kier alpha value is -4.34. The van der Waals surface area contributed by atoms with E-state index >= 15 is 0 Å². The maximum atomic E-state index is 14.3. The third kappa shape index (κ3) is 8.08. The van der Waals surface area contributed by atoms with Gasteiger partial charge < -0.3 is 19.3 Å². The second kappa shape index (κ2) is 15.8. The molecule has 238 valence electrons. The number of aliphatic imine (C=N–C) groups is 1. The highest BCUT2D eigenvalue weighted by Crippen LogP contribution is 2.43. The minimum absolute atomic E-state index is 0.0544. The number of carbonyl (C=O) groups excluding carboxylic acids is 1. The van der Waals surface area contributed by atoms with Crippen molar-refractivity contribution in [1.29, 1.82) is 0 Å². The quantitative estimate of drug-likeness (QED) is 0.100. The van der Waals surface area contributed by atoms with Crippen LogP contribution in [0.15, 0.2) is 108 Å². The standard InChI is InChI=1S/C36H35Cl2N3O5/c1-44-31-12-5-11-27(22-31)33-36(19-6-10-25-8-3-2-4-9-25,35(43)41-39-24-28-13-16-29(37)23-32(28)38)40-34(46-33)26-14-17-30(18-15-26)45-21-7-20-42/h2-6,8-18,22-23,33,39,42H,7,19-21,24H2,1H3,(H,41,43)/b10-6+/t33-,36-/m0/s1. The van der Waals surface area contributed by atoms with Gasteiger partial charge in [0.15, 0.2) is 11.6 Å². The summed E-state index contributed by atoms with van der Waals surface area (Å²) in [6.45, 7) is 0.714. The summed E-state index contributed by atoms with van der Waals surface area (Å²) in [4.78, 5) is 19.4. The van der Waals surface area contributed by atoms with Crippen molar-refractivity contribution in [2.45, 2.75) is 31.0 Å². The first-order valence-corrected chi connectivity index (χ1v) is 15.6. The third-order valence-electron chi connectivity index (χ3n) is 7.46. The molecule has 1 amide bonds. The number of rotatable bonds is 14. The van der Waals surface area contributed by atoms with E-state index in [2.05, 4.69) is 10.9 Å². The minimum atomic E-state index is -1.40. The van der Waals surface area contributed by atoms with E-state index in [0.717, 1.165) is 16.7 Å². The number of aliphatic hydroxyl groups is 1. The average molecular weight is 661 g/mol. The molecule has 0 saturated heterocycles. The molecule has 0 spiro atoms. The summed E-state index contributed by atoms with van der Waals surface area (Å²) in [6, 6.07) is 29.8. The molecule has 8 nitrogen and oxygen atoms in total. The van der Waals surface area contributed by atoms with Gasteiger partial charge in [0.05, 0.1) is 13.7 Å². The highest BCUT2D eigenvalue weighted by molar-refractivity contribution is 6.35. The van der Waals surface area contributed by atoms with Crippen LogP contribution in [0.1, 0.15) is 41.2 Å². The van der Waals surface area contributed by atoms with Gasteiger partial charge in [0.1, 0.15) is 11.5 Å². The van der Waals surface area contributed by atoms with Crippen molar-refractivity contribution in [3.05, 3.63) is 135 Å². The largest absolute Gasteiger partial charge is 0.497 e. The Balaban J connectivity index is 1.50. The van der Waals surface area contributed by atoms with Crippen LogP contribution in [-0.4, -0.2) is 42.8 Å². The number of carbonyl (C=O) groups is 1. The predicted molar refractivity (Wildman–Crippen MR) is 181 cm³/mol. The number of hydrogen-bond donors (Lipinski definition) is 3. The lowest BCUT2D eigenvalue weighted by Gasteiger charge is -2.30. The van der Waals surface area contributed by atoms with E-state index in [0.29, 0.717) is 46.0 Å². The van der Waals surface area contributed by atoms with E-state index in [4.69, 9.17) is 47.5 Å². The highest BCUT2D eigenvalue weighted by atomic mass is 35.5. The fraction of sp³-hybridized carbons (Fsp3) is 0.222. The molecule has 0 aliphatic carbocycles. The number of amides is 1. The number of halogens is 2. The first kappa shape index (κ1) is 33.0. The van der Waals surface area contributed by atoms with Gasteiger partial charge >= 0.3 is 0 Å². The molecule has 1 heterocycles. The number of benzene rings is 4. The molecule has 3 N–H and O–H groups in total. The number of aliphatic hydroxyl groups excluding tert-OH is 1. The van der Waals surface area contributed by atoms with Crippen molar-refractivity contribution < 1.29 is 24.1 Å². The molecule has 0 saturated carbocycles. The zero-order valence-electron chi connectivity index (χ0n) is 25.3. The van der Waals surface area contributed by atoms with Gasteiger partial charge in [-0.15, -0.1) is 0 Å². The van der Waals surface area contributed by atoms with Crippen LogP contribution in [0.3, 0.4) is 0 Å². The monoisotopic (exact) mass is 659 g/mol. The molecule has 5 rings (SSSR count). The molecule has 1 aliphatic rings. The number of hydrazine groups is 1. The lowest BCUT2D eigenvalue weighted by Crippen LogP contribution is -2.52. The van der Waals surface area contributed by atoms with Crippen molar-refractivity contribution in [1.82, 2.24) is 10.9 Å². The Morgan fingerprint density at radius 3 is 2.54 bits per heavy atom. The first-order valence-electron chi connectivity index (χ1n) is 14.9. The van der Waals surface area contributed by atoms with E-state index in [1.807, 2.05) is 91.0 Å². The summed E-state index contributed by atoms with van der Waals surface area (Å²) in [7, 11) is 1.59. The zero-order chi connectivity index (χ0) is 32.4. The van der Waals surface area contributed by atoms with Crippen LogP contribution in [0.25, 0.3) is 6.08 Å². The van der Waals surface area contributed by atoms with Crippen LogP contribution in [0.4, 0.5) is 0 Å². The molecular weight excluding hydrogens is 625 g/mol. The van der Waals surface area contributed by atoms with Gasteiger partial charge in [-0.05, 0) is 65.2 Å². The van der Waals surface area contributed by atoms with Gasteiger partial charge in [0.25, 0.3) is 5.91 Å². The molecule has 2 atom stereocenters. The normalized spacial score (nSPS) is 17.4. The molecule has 0 radical (unpaired) electrons. The van der Waals surface area contributed by atoms with Gasteiger partial charge in [-0.1, -0.05) is 83.9 Å². The second-order valence-electron chi connectivity index (χ2n) is 10.6. The zero-order valence-corrected chi connectivity index (χ0v) is 26.8. The molecule has 4 aromatic carbocycles.